The average molecular weight is 331 g/mol. The molecule has 0 amide bonds. The zero-order valence-electron chi connectivity index (χ0n) is 12.6. The van der Waals surface area contributed by atoms with Crippen molar-refractivity contribution in [1.29, 1.82) is 0 Å². The van der Waals surface area contributed by atoms with Crippen LogP contribution in [0.5, 0.6) is 0 Å². The molecule has 1 aromatic carbocycles. The van der Waals surface area contributed by atoms with E-state index in [2.05, 4.69) is 20.7 Å². The Morgan fingerprint density at radius 3 is 3.17 bits per heavy atom. The van der Waals surface area contributed by atoms with Crippen molar-refractivity contribution in [3.8, 4) is 0 Å². The van der Waals surface area contributed by atoms with Crippen LogP contribution in [0.3, 0.4) is 0 Å². The molecule has 1 unspecified atom stereocenters. The number of ether oxygens (including phenoxy) is 1. The molecular weight excluding hydrogens is 314 g/mol. The van der Waals surface area contributed by atoms with Gasteiger partial charge in [-0.15, -0.1) is 5.10 Å². The predicted molar refractivity (Wildman–Crippen MR) is 85.2 cm³/mol. The lowest BCUT2D eigenvalue weighted by molar-refractivity contribution is 0.0912. The van der Waals surface area contributed by atoms with Crippen LogP contribution in [0.15, 0.2) is 33.9 Å². The first-order valence-electron chi connectivity index (χ1n) is 7.74. The second-order valence-corrected chi connectivity index (χ2v) is 6.56. The Labute approximate surface area is 137 Å². The maximum atomic E-state index is 5.64. The Morgan fingerprint density at radius 1 is 1.30 bits per heavy atom. The topological polar surface area (TPSA) is 78.9 Å². The van der Waals surface area contributed by atoms with Crippen molar-refractivity contribution >= 4 is 22.7 Å². The van der Waals surface area contributed by atoms with Gasteiger partial charge in [-0.3, -0.25) is 0 Å². The lowest BCUT2D eigenvalue weighted by Gasteiger charge is -2.09. The highest BCUT2D eigenvalue weighted by molar-refractivity contribution is 7.99. The van der Waals surface area contributed by atoms with Crippen LogP contribution in [-0.2, 0) is 17.7 Å². The van der Waals surface area contributed by atoms with Gasteiger partial charge in [-0.1, -0.05) is 29.1 Å². The van der Waals surface area contributed by atoms with Crippen LogP contribution in [0.2, 0.25) is 0 Å². The summed E-state index contributed by atoms with van der Waals surface area (Å²) in [7, 11) is 0. The largest absolute Gasteiger partial charge is 0.376 e. The number of hydrogen-bond acceptors (Lipinski definition) is 7. The van der Waals surface area contributed by atoms with Gasteiger partial charge < -0.3 is 9.26 Å². The highest BCUT2D eigenvalue weighted by Gasteiger charge is 2.19. The van der Waals surface area contributed by atoms with E-state index in [0.717, 1.165) is 60.0 Å². The number of hydrogen-bond donors (Lipinski definition) is 0. The number of aromatic nitrogens is 5. The molecule has 1 aliphatic heterocycles. The van der Waals surface area contributed by atoms with Gasteiger partial charge in [0.05, 0.1) is 18.3 Å². The number of thioether (sulfide) groups is 1. The normalized spacial score (nSPS) is 18.0. The van der Waals surface area contributed by atoms with Crippen LogP contribution in [0.1, 0.15) is 18.5 Å². The first kappa shape index (κ1) is 14.6. The molecule has 0 saturated carbocycles. The molecule has 2 aromatic heterocycles. The number of fused-ring (bicyclic) bond motifs is 1. The summed E-state index contributed by atoms with van der Waals surface area (Å²) in [6, 6.07) is 7.91. The Kier molecular flexibility index (Phi) is 4.25. The van der Waals surface area contributed by atoms with E-state index in [1.165, 1.54) is 0 Å². The quantitative estimate of drug-likeness (QED) is 0.641. The second-order valence-electron chi connectivity index (χ2n) is 5.50. The van der Waals surface area contributed by atoms with Crippen molar-refractivity contribution in [2.75, 3.05) is 12.4 Å². The molecular formula is C15H17N5O2S. The minimum Gasteiger partial charge on any atom is -0.376 e. The lowest BCUT2D eigenvalue weighted by Crippen LogP contribution is -2.17. The summed E-state index contributed by atoms with van der Waals surface area (Å²) in [6.07, 6.45) is 3.25. The number of rotatable bonds is 6. The molecule has 1 fully saturated rings. The fourth-order valence-electron chi connectivity index (χ4n) is 2.75. The maximum Gasteiger partial charge on any atom is 0.209 e. The minimum absolute atomic E-state index is 0.234. The van der Waals surface area contributed by atoms with E-state index in [4.69, 9.17) is 9.26 Å². The molecule has 120 valence electrons. The number of aryl methyl sites for hydroxylation is 1. The van der Waals surface area contributed by atoms with E-state index < -0.39 is 0 Å². The fraction of sp³-hybridized carbons (Fsp3) is 0.467. The Bertz CT molecular complexity index is 781. The molecule has 1 saturated heterocycles. The second kappa shape index (κ2) is 6.67. The predicted octanol–water partition coefficient (Wildman–Crippen LogP) is 2.33. The van der Waals surface area contributed by atoms with Gasteiger partial charge in [0, 0.05) is 24.2 Å². The van der Waals surface area contributed by atoms with Crippen molar-refractivity contribution in [2.45, 2.75) is 37.1 Å². The summed E-state index contributed by atoms with van der Waals surface area (Å²) in [5.74, 6) is 0.850. The van der Waals surface area contributed by atoms with Crippen LogP contribution >= 0.6 is 11.8 Å². The summed E-state index contributed by atoms with van der Waals surface area (Å²) in [5, 5.41) is 18.0. The van der Waals surface area contributed by atoms with E-state index >= 15 is 0 Å². The number of nitrogens with zero attached hydrogens (tertiary/aromatic N) is 5. The molecule has 0 bridgehead atoms. The third-order valence-electron chi connectivity index (χ3n) is 3.92. The standard InChI is InChI=1S/C15H17N5O2S/c1-2-6-14-12(5-1)13(17-22-14)7-9-23-15-16-18-19-20(15)10-11-4-3-8-21-11/h1-2,5-6,11H,3-4,7-10H2. The van der Waals surface area contributed by atoms with Gasteiger partial charge >= 0.3 is 0 Å². The Hall–Kier alpha value is -1.93. The Balaban J connectivity index is 1.37. The molecule has 23 heavy (non-hydrogen) atoms. The summed E-state index contributed by atoms with van der Waals surface area (Å²) < 4.78 is 12.8. The van der Waals surface area contributed by atoms with Gasteiger partial charge in [-0.2, -0.15) is 0 Å². The van der Waals surface area contributed by atoms with E-state index in [1.807, 2.05) is 28.9 Å². The molecule has 0 spiro atoms. The van der Waals surface area contributed by atoms with Crippen LogP contribution in [0.25, 0.3) is 11.0 Å². The third kappa shape index (κ3) is 3.23. The molecule has 0 N–H and O–H groups in total. The van der Waals surface area contributed by atoms with Crippen LogP contribution in [-0.4, -0.2) is 43.8 Å². The molecule has 0 radical (unpaired) electrons. The van der Waals surface area contributed by atoms with Gasteiger partial charge in [0.25, 0.3) is 0 Å². The van der Waals surface area contributed by atoms with E-state index in [0.29, 0.717) is 0 Å². The van der Waals surface area contributed by atoms with Crippen molar-refractivity contribution in [3.63, 3.8) is 0 Å². The van der Waals surface area contributed by atoms with Gasteiger partial charge in [0.15, 0.2) is 5.58 Å². The van der Waals surface area contributed by atoms with Crippen LogP contribution in [0.4, 0.5) is 0 Å². The van der Waals surface area contributed by atoms with Crippen molar-refractivity contribution in [1.82, 2.24) is 25.4 Å². The van der Waals surface area contributed by atoms with Crippen LogP contribution in [0, 0.1) is 0 Å². The summed E-state index contributed by atoms with van der Waals surface area (Å²) in [5.41, 5.74) is 1.81. The van der Waals surface area contributed by atoms with Gasteiger partial charge in [0.2, 0.25) is 5.16 Å². The van der Waals surface area contributed by atoms with E-state index in [9.17, 15) is 0 Å². The van der Waals surface area contributed by atoms with Crippen LogP contribution < -0.4 is 0 Å². The fourth-order valence-corrected chi connectivity index (χ4v) is 3.59. The first-order valence-corrected chi connectivity index (χ1v) is 8.72. The number of para-hydroxylation sites is 1. The van der Waals surface area contributed by atoms with Gasteiger partial charge in [-0.05, 0) is 35.4 Å². The zero-order valence-corrected chi connectivity index (χ0v) is 13.4. The lowest BCUT2D eigenvalue weighted by atomic mass is 10.2. The molecule has 1 aliphatic rings. The van der Waals surface area contributed by atoms with Crippen molar-refractivity contribution in [2.24, 2.45) is 0 Å². The average Bonchev–Trinajstić information content (AvgIpc) is 3.30. The molecule has 8 heteroatoms. The third-order valence-corrected chi connectivity index (χ3v) is 4.88. The summed E-state index contributed by atoms with van der Waals surface area (Å²) in [6.45, 7) is 1.57. The monoisotopic (exact) mass is 331 g/mol. The van der Waals surface area contributed by atoms with E-state index in [-0.39, 0.29) is 6.10 Å². The molecule has 0 aliphatic carbocycles. The highest BCUT2D eigenvalue weighted by Crippen LogP contribution is 2.22. The van der Waals surface area contributed by atoms with Crippen molar-refractivity contribution in [3.05, 3.63) is 30.0 Å². The van der Waals surface area contributed by atoms with E-state index in [1.54, 1.807) is 11.8 Å². The zero-order chi connectivity index (χ0) is 15.5. The van der Waals surface area contributed by atoms with Gasteiger partial charge in [0.1, 0.15) is 0 Å². The SMILES string of the molecule is c1ccc2c(CCSc3nnnn3CC3CCCO3)noc2c1. The molecule has 3 heterocycles. The van der Waals surface area contributed by atoms with Crippen molar-refractivity contribution < 1.29 is 9.26 Å². The summed E-state index contributed by atoms with van der Waals surface area (Å²) >= 11 is 1.63. The maximum absolute atomic E-state index is 5.64. The molecule has 4 rings (SSSR count). The molecule has 3 aromatic rings. The minimum atomic E-state index is 0.234. The number of benzene rings is 1. The smallest absolute Gasteiger partial charge is 0.209 e. The summed E-state index contributed by atoms with van der Waals surface area (Å²) in [4.78, 5) is 0. The first-order chi connectivity index (χ1) is 11.4. The highest BCUT2D eigenvalue weighted by atomic mass is 32.2. The molecule has 7 nitrogen and oxygen atoms in total. The number of tetrazole rings is 1. The molecule has 1 atom stereocenters. The van der Waals surface area contributed by atoms with Gasteiger partial charge in [-0.25, -0.2) is 4.68 Å². The Morgan fingerprint density at radius 2 is 2.26 bits per heavy atom.